The van der Waals surface area contributed by atoms with Crippen LogP contribution in [0.5, 0.6) is 0 Å². The van der Waals surface area contributed by atoms with Crippen LogP contribution in [0.15, 0.2) is 49.1 Å². The zero-order valence-electron chi connectivity index (χ0n) is 9.37. The Balaban J connectivity index is 1.92. The van der Waals surface area contributed by atoms with Crippen molar-refractivity contribution in [2.45, 2.75) is 13.1 Å². The minimum absolute atomic E-state index is 0.905. The second-order valence-electron chi connectivity index (χ2n) is 3.89. The second-order valence-corrected chi connectivity index (χ2v) is 3.89. The second kappa shape index (κ2) is 5.37. The first kappa shape index (κ1) is 10.8. The monoisotopic (exact) mass is 213 g/mol. The van der Waals surface area contributed by atoms with Crippen molar-refractivity contribution in [2.24, 2.45) is 0 Å². The van der Waals surface area contributed by atoms with Gasteiger partial charge in [0.25, 0.3) is 0 Å². The van der Waals surface area contributed by atoms with Gasteiger partial charge >= 0.3 is 0 Å². The van der Waals surface area contributed by atoms with E-state index in [2.05, 4.69) is 34.0 Å². The Morgan fingerprint density at radius 2 is 1.44 bits per heavy atom. The molecule has 2 heterocycles. The molecule has 0 amide bonds. The van der Waals surface area contributed by atoms with Crippen LogP contribution in [0.3, 0.4) is 0 Å². The van der Waals surface area contributed by atoms with E-state index in [-0.39, 0.29) is 0 Å². The van der Waals surface area contributed by atoms with Crippen molar-refractivity contribution in [1.29, 1.82) is 0 Å². The molecule has 0 aliphatic rings. The van der Waals surface area contributed by atoms with Gasteiger partial charge in [-0.05, 0) is 30.3 Å². The Labute approximate surface area is 95.8 Å². The number of hydrogen-bond acceptors (Lipinski definition) is 3. The first-order chi connectivity index (χ1) is 7.84. The molecule has 0 radical (unpaired) electrons. The van der Waals surface area contributed by atoms with Crippen LogP contribution in [-0.4, -0.2) is 21.9 Å². The van der Waals surface area contributed by atoms with E-state index in [4.69, 9.17) is 0 Å². The summed E-state index contributed by atoms with van der Waals surface area (Å²) in [5.41, 5.74) is 2.46. The Bertz CT molecular complexity index is 372. The lowest BCUT2D eigenvalue weighted by Crippen LogP contribution is -2.17. The average Bonchev–Trinajstić information content (AvgIpc) is 2.31. The first-order valence-corrected chi connectivity index (χ1v) is 5.31. The van der Waals surface area contributed by atoms with E-state index < -0.39 is 0 Å². The molecule has 0 aliphatic heterocycles. The molecule has 3 nitrogen and oxygen atoms in total. The van der Waals surface area contributed by atoms with E-state index in [0.717, 1.165) is 13.1 Å². The van der Waals surface area contributed by atoms with Crippen LogP contribution in [0.1, 0.15) is 11.1 Å². The fourth-order valence-electron chi connectivity index (χ4n) is 1.66. The van der Waals surface area contributed by atoms with E-state index in [9.17, 15) is 0 Å². The lowest BCUT2D eigenvalue weighted by Gasteiger charge is -2.16. The van der Waals surface area contributed by atoms with E-state index in [1.165, 1.54) is 11.1 Å². The summed E-state index contributed by atoms with van der Waals surface area (Å²) in [7, 11) is 2.10. The molecule has 0 fully saturated rings. The topological polar surface area (TPSA) is 29.0 Å². The van der Waals surface area contributed by atoms with Crippen molar-refractivity contribution < 1.29 is 0 Å². The molecule has 0 spiro atoms. The van der Waals surface area contributed by atoms with Gasteiger partial charge in [-0.3, -0.25) is 14.9 Å². The lowest BCUT2D eigenvalue weighted by atomic mass is 10.2. The van der Waals surface area contributed by atoms with Crippen molar-refractivity contribution in [1.82, 2.24) is 14.9 Å². The third-order valence-corrected chi connectivity index (χ3v) is 2.35. The van der Waals surface area contributed by atoms with Gasteiger partial charge in [0.2, 0.25) is 0 Å². The van der Waals surface area contributed by atoms with Crippen molar-refractivity contribution >= 4 is 0 Å². The molecular weight excluding hydrogens is 198 g/mol. The van der Waals surface area contributed by atoms with Gasteiger partial charge in [-0.25, -0.2) is 0 Å². The molecule has 82 valence electrons. The summed E-state index contributed by atoms with van der Waals surface area (Å²) in [6, 6.07) is 8.11. The predicted octanol–water partition coefficient (Wildman–Crippen LogP) is 2.11. The quantitative estimate of drug-likeness (QED) is 0.779. The van der Waals surface area contributed by atoms with Crippen LogP contribution in [0.25, 0.3) is 0 Å². The maximum atomic E-state index is 4.11. The summed E-state index contributed by atoms with van der Waals surface area (Å²) < 4.78 is 0. The van der Waals surface area contributed by atoms with Crippen molar-refractivity contribution in [3.8, 4) is 0 Å². The molecule has 2 aromatic rings. The minimum Gasteiger partial charge on any atom is -0.298 e. The number of aromatic nitrogens is 2. The van der Waals surface area contributed by atoms with Gasteiger partial charge in [0.05, 0.1) is 0 Å². The van der Waals surface area contributed by atoms with Crippen LogP contribution in [0.2, 0.25) is 0 Å². The maximum absolute atomic E-state index is 4.11. The first-order valence-electron chi connectivity index (χ1n) is 5.31. The number of pyridine rings is 2. The van der Waals surface area contributed by atoms with Gasteiger partial charge < -0.3 is 0 Å². The fraction of sp³-hybridized carbons (Fsp3) is 0.231. The Morgan fingerprint density at radius 3 is 1.81 bits per heavy atom. The zero-order valence-corrected chi connectivity index (χ0v) is 9.37. The maximum Gasteiger partial charge on any atom is 0.0312 e. The molecule has 0 N–H and O–H groups in total. The number of hydrogen-bond donors (Lipinski definition) is 0. The summed E-state index contributed by atoms with van der Waals surface area (Å²) in [5.74, 6) is 0. The summed E-state index contributed by atoms with van der Waals surface area (Å²) in [5, 5.41) is 0. The van der Waals surface area contributed by atoms with Crippen LogP contribution in [0.4, 0.5) is 0 Å². The standard InChI is InChI=1S/C13H15N3/c1-16(10-12-4-2-6-14-8-12)11-13-5-3-7-15-9-13/h2-9H,10-11H2,1H3. The molecule has 0 aliphatic carbocycles. The van der Waals surface area contributed by atoms with Crippen LogP contribution in [0, 0.1) is 0 Å². The normalized spacial score (nSPS) is 10.6. The van der Waals surface area contributed by atoms with Crippen LogP contribution < -0.4 is 0 Å². The summed E-state index contributed by atoms with van der Waals surface area (Å²) in [6.45, 7) is 1.81. The highest BCUT2D eigenvalue weighted by molar-refractivity contribution is 5.10. The highest BCUT2D eigenvalue weighted by Crippen LogP contribution is 2.05. The number of nitrogens with zero attached hydrogens (tertiary/aromatic N) is 3. The molecule has 0 saturated heterocycles. The van der Waals surface area contributed by atoms with Gasteiger partial charge in [0.1, 0.15) is 0 Å². The van der Waals surface area contributed by atoms with E-state index in [0.29, 0.717) is 0 Å². The third kappa shape index (κ3) is 3.14. The SMILES string of the molecule is CN(Cc1cccnc1)Cc1cccnc1. The smallest absolute Gasteiger partial charge is 0.0312 e. The summed E-state index contributed by atoms with van der Waals surface area (Å²) in [6.07, 6.45) is 7.40. The van der Waals surface area contributed by atoms with Crippen LogP contribution in [-0.2, 0) is 13.1 Å². The molecule has 0 bridgehead atoms. The molecule has 3 heteroatoms. The molecule has 0 atom stereocenters. The Hall–Kier alpha value is -1.74. The van der Waals surface area contributed by atoms with Crippen LogP contribution >= 0.6 is 0 Å². The summed E-state index contributed by atoms with van der Waals surface area (Å²) >= 11 is 0. The van der Waals surface area contributed by atoms with Crippen molar-refractivity contribution in [3.63, 3.8) is 0 Å². The van der Waals surface area contributed by atoms with Gasteiger partial charge in [-0.2, -0.15) is 0 Å². The van der Waals surface area contributed by atoms with E-state index in [1.54, 1.807) is 12.4 Å². The molecular formula is C13H15N3. The Kier molecular flexibility index (Phi) is 3.62. The molecule has 0 saturated carbocycles. The Morgan fingerprint density at radius 1 is 0.938 bits per heavy atom. The van der Waals surface area contributed by atoms with Gasteiger partial charge in [0.15, 0.2) is 0 Å². The molecule has 0 aromatic carbocycles. The zero-order chi connectivity index (χ0) is 11.2. The van der Waals surface area contributed by atoms with E-state index in [1.807, 2.05) is 24.5 Å². The minimum atomic E-state index is 0.905. The fourth-order valence-corrected chi connectivity index (χ4v) is 1.66. The average molecular weight is 213 g/mol. The van der Waals surface area contributed by atoms with Crippen molar-refractivity contribution in [2.75, 3.05) is 7.05 Å². The molecule has 16 heavy (non-hydrogen) atoms. The lowest BCUT2D eigenvalue weighted by molar-refractivity contribution is 0.318. The van der Waals surface area contributed by atoms with Gasteiger partial charge in [-0.1, -0.05) is 12.1 Å². The molecule has 2 aromatic heterocycles. The van der Waals surface area contributed by atoms with Gasteiger partial charge in [0, 0.05) is 37.9 Å². The predicted molar refractivity (Wildman–Crippen MR) is 63.6 cm³/mol. The third-order valence-electron chi connectivity index (χ3n) is 2.35. The highest BCUT2D eigenvalue weighted by atomic mass is 15.1. The van der Waals surface area contributed by atoms with Crippen molar-refractivity contribution in [3.05, 3.63) is 60.2 Å². The largest absolute Gasteiger partial charge is 0.298 e. The summed E-state index contributed by atoms with van der Waals surface area (Å²) in [4.78, 5) is 10.5. The molecule has 0 unspecified atom stereocenters. The number of rotatable bonds is 4. The highest BCUT2D eigenvalue weighted by Gasteiger charge is 2.01. The van der Waals surface area contributed by atoms with Gasteiger partial charge in [-0.15, -0.1) is 0 Å². The van der Waals surface area contributed by atoms with E-state index >= 15 is 0 Å². The molecule has 2 rings (SSSR count).